The van der Waals surface area contributed by atoms with Gasteiger partial charge >= 0.3 is 0 Å². The lowest BCUT2D eigenvalue weighted by Gasteiger charge is -2.08. The van der Waals surface area contributed by atoms with Gasteiger partial charge in [0.25, 0.3) is 0 Å². The second-order valence-corrected chi connectivity index (χ2v) is 6.02. The summed E-state index contributed by atoms with van der Waals surface area (Å²) < 4.78 is 0. The standard InChI is InChI=1S/C19H20ClN3O3/c20-15-8-4-5-9-16(15)21-17(24)12-13-19(26)23-22-18(25)11-10-14-6-2-1-3-7-14/h1-9H,10-13H2,(H,21,24)(H,22,25)(H,23,26). The number of para-hydroxylation sites is 1. The summed E-state index contributed by atoms with van der Waals surface area (Å²) in [5.41, 5.74) is 6.19. The van der Waals surface area contributed by atoms with Crippen LogP contribution in [-0.2, 0) is 20.8 Å². The van der Waals surface area contributed by atoms with Gasteiger partial charge in [-0.2, -0.15) is 0 Å². The summed E-state index contributed by atoms with van der Waals surface area (Å²) in [7, 11) is 0. The SMILES string of the molecule is O=C(CCC(=O)Nc1ccccc1Cl)NNC(=O)CCc1ccccc1. The fraction of sp³-hybridized carbons (Fsp3) is 0.211. The van der Waals surface area contributed by atoms with Crippen molar-refractivity contribution in [1.29, 1.82) is 0 Å². The first-order valence-corrected chi connectivity index (χ1v) is 8.58. The van der Waals surface area contributed by atoms with Gasteiger partial charge in [-0.15, -0.1) is 0 Å². The topological polar surface area (TPSA) is 87.3 Å². The molecule has 0 aromatic heterocycles. The molecule has 136 valence electrons. The Kier molecular flexibility index (Phi) is 7.64. The fourth-order valence-corrected chi connectivity index (χ4v) is 2.35. The predicted octanol–water partition coefficient (Wildman–Crippen LogP) is 2.84. The van der Waals surface area contributed by atoms with E-state index in [-0.39, 0.29) is 31.1 Å². The molecule has 0 aliphatic heterocycles. The second kappa shape index (κ2) is 10.2. The van der Waals surface area contributed by atoms with Crippen LogP contribution in [0.1, 0.15) is 24.8 Å². The van der Waals surface area contributed by atoms with E-state index in [1.54, 1.807) is 24.3 Å². The molecule has 2 aromatic rings. The average Bonchev–Trinajstić information content (AvgIpc) is 2.65. The van der Waals surface area contributed by atoms with Crippen molar-refractivity contribution in [1.82, 2.24) is 10.9 Å². The number of rotatable bonds is 7. The van der Waals surface area contributed by atoms with Gasteiger partial charge in [-0.05, 0) is 24.1 Å². The Morgan fingerprint density at radius 1 is 0.731 bits per heavy atom. The Labute approximate surface area is 156 Å². The zero-order chi connectivity index (χ0) is 18.8. The van der Waals surface area contributed by atoms with Crippen LogP contribution in [0.3, 0.4) is 0 Å². The van der Waals surface area contributed by atoms with Crippen molar-refractivity contribution in [2.24, 2.45) is 0 Å². The van der Waals surface area contributed by atoms with Crippen molar-refractivity contribution in [3.05, 3.63) is 65.2 Å². The summed E-state index contributed by atoms with van der Waals surface area (Å²) in [5.74, 6) is -1.06. The summed E-state index contributed by atoms with van der Waals surface area (Å²) in [6.07, 6.45) is 0.784. The third-order valence-electron chi connectivity index (χ3n) is 3.55. The molecule has 3 N–H and O–H groups in total. The van der Waals surface area contributed by atoms with Crippen LogP contribution in [0.5, 0.6) is 0 Å². The Hall–Kier alpha value is -2.86. The molecule has 6 nitrogen and oxygen atoms in total. The molecule has 0 spiro atoms. The molecule has 0 bridgehead atoms. The van der Waals surface area contributed by atoms with Crippen molar-refractivity contribution in [3.63, 3.8) is 0 Å². The molecular weight excluding hydrogens is 354 g/mol. The minimum Gasteiger partial charge on any atom is -0.325 e. The molecule has 2 aromatic carbocycles. The maximum atomic E-state index is 11.8. The molecule has 0 atom stereocenters. The minimum absolute atomic E-state index is 0.0169. The average molecular weight is 374 g/mol. The quantitative estimate of drug-likeness (QED) is 0.652. The maximum Gasteiger partial charge on any atom is 0.238 e. The number of carbonyl (C=O) groups is 3. The monoisotopic (exact) mass is 373 g/mol. The molecule has 0 radical (unpaired) electrons. The number of hydrogen-bond donors (Lipinski definition) is 3. The molecule has 3 amide bonds. The van der Waals surface area contributed by atoms with Crippen LogP contribution < -0.4 is 16.2 Å². The Balaban J connectivity index is 1.63. The van der Waals surface area contributed by atoms with Crippen LogP contribution in [-0.4, -0.2) is 17.7 Å². The molecule has 0 unspecified atom stereocenters. The summed E-state index contributed by atoms with van der Waals surface area (Å²) in [4.78, 5) is 35.3. The van der Waals surface area contributed by atoms with Crippen LogP contribution >= 0.6 is 11.6 Å². The van der Waals surface area contributed by atoms with Gasteiger partial charge in [-0.3, -0.25) is 25.2 Å². The lowest BCUT2D eigenvalue weighted by Crippen LogP contribution is -2.41. The minimum atomic E-state index is -0.438. The van der Waals surface area contributed by atoms with Crippen LogP contribution in [0.4, 0.5) is 5.69 Å². The summed E-state index contributed by atoms with van der Waals surface area (Å²) in [6.45, 7) is 0. The Morgan fingerprint density at radius 2 is 1.31 bits per heavy atom. The van der Waals surface area contributed by atoms with Crippen molar-refractivity contribution in [2.45, 2.75) is 25.7 Å². The molecule has 26 heavy (non-hydrogen) atoms. The van der Waals surface area contributed by atoms with E-state index in [1.807, 2.05) is 30.3 Å². The van der Waals surface area contributed by atoms with Gasteiger partial charge in [0.05, 0.1) is 10.7 Å². The molecule has 7 heteroatoms. The van der Waals surface area contributed by atoms with Crippen molar-refractivity contribution in [3.8, 4) is 0 Å². The highest BCUT2D eigenvalue weighted by Gasteiger charge is 2.10. The van der Waals surface area contributed by atoms with Crippen molar-refractivity contribution in [2.75, 3.05) is 5.32 Å². The third-order valence-corrected chi connectivity index (χ3v) is 3.88. The number of halogens is 1. The van der Waals surface area contributed by atoms with Gasteiger partial charge in [0.1, 0.15) is 0 Å². The van der Waals surface area contributed by atoms with E-state index in [4.69, 9.17) is 11.6 Å². The van der Waals surface area contributed by atoms with Gasteiger partial charge in [0, 0.05) is 19.3 Å². The summed E-state index contributed by atoms with van der Waals surface area (Å²) >= 11 is 5.95. The van der Waals surface area contributed by atoms with Crippen molar-refractivity contribution >= 4 is 35.0 Å². The van der Waals surface area contributed by atoms with Crippen LogP contribution in [0.25, 0.3) is 0 Å². The Morgan fingerprint density at radius 3 is 2.00 bits per heavy atom. The first kappa shape index (κ1) is 19.5. The van der Waals surface area contributed by atoms with Crippen LogP contribution in [0, 0.1) is 0 Å². The lowest BCUT2D eigenvalue weighted by atomic mass is 10.1. The molecule has 0 saturated carbocycles. The first-order chi connectivity index (χ1) is 12.5. The van der Waals surface area contributed by atoms with E-state index in [9.17, 15) is 14.4 Å². The van der Waals surface area contributed by atoms with E-state index in [0.717, 1.165) is 5.56 Å². The highest BCUT2D eigenvalue weighted by molar-refractivity contribution is 6.33. The number of nitrogens with one attached hydrogen (secondary N) is 3. The second-order valence-electron chi connectivity index (χ2n) is 5.61. The number of carbonyl (C=O) groups excluding carboxylic acids is 3. The van der Waals surface area contributed by atoms with Crippen LogP contribution in [0.2, 0.25) is 5.02 Å². The maximum absolute atomic E-state index is 11.8. The highest BCUT2D eigenvalue weighted by atomic mass is 35.5. The summed E-state index contributed by atoms with van der Waals surface area (Å²) in [6, 6.07) is 16.4. The van der Waals surface area contributed by atoms with Crippen LogP contribution in [0.15, 0.2) is 54.6 Å². The first-order valence-electron chi connectivity index (χ1n) is 8.20. The van der Waals surface area contributed by atoms with Gasteiger partial charge in [0.15, 0.2) is 0 Å². The number of hydrogen-bond acceptors (Lipinski definition) is 3. The smallest absolute Gasteiger partial charge is 0.238 e. The normalized spacial score (nSPS) is 10.0. The van der Waals surface area contributed by atoms with E-state index in [2.05, 4.69) is 16.2 Å². The molecule has 0 heterocycles. The largest absolute Gasteiger partial charge is 0.325 e. The van der Waals surface area contributed by atoms with Crippen molar-refractivity contribution < 1.29 is 14.4 Å². The predicted molar refractivity (Wildman–Crippen MR) is 100 cm³/mol. The zero-order valence-electron chi connectivity index (χ0n) is 14.1. The molecule has 0 saturated heterocycles. The van der Waals surface area contributed by atoms with Gasteiger partial charge in [0.2, 0.25) is 17.7 Å². The zero-order valence-corrected chi connectivity index (χ0v) is 14.9. The number of amides is 3. The molecule has 0 aliphatic rings. The molecule has 2 rings (SSSR count). The fourth-order valence-electron chi connectivity index (χ4n) is 2.17. The number of hydrazine groups is 1. The number of aryl methyl sites for hydroxylation is 1. The molecule has 0 fully saturated rings. The highest BCUT2D eigenvalue weighted by Crippen LogP contribution is 2.20. The Bertz CT molecular complexity index is 766. The van der Waals surface area contributed by atoms with Gasteiger partial charge in [-0.1, -0.05) is 54.1 Å². The number of anilines is 1. The van der Waals surface area contributed by atoms with E-state index in [1.165, 1.54) is 0 Å². The van der Waals surface area contributed by atoms with Gasteiger partial charge in [-0.25, -0.2) is 0 Å². The molecule has 0 aliphatic carbocycles. The van der Waals surface area contributed by atoms with E-state index >= 15 is 0 Å². The molecular formula is C19H20ClN3O3. The third kappa shape index (κ3) is 6.94. The van der Waals surface area contributed by atoms with E-state index in [0.29, 0.717) is 17.1 Å². The lowest BCUT2D eigenvalue weighted by molar-refractivity contribution is -0.129. The number of benzene rings is 2. The summed E-state index contributed by atoms with van der Waals surface area (Å²) in [5, 5.41) is 3.06. The van der Waals surface area contributed by atoms with E-state index < -0.39 is 5.91 Å². The van der Waals surface area contributed by atoms with Gasteiger partial charge < -0.3 is 5.32 Å².